The lowest BCUT2D eigenvalue weighted by Crippen LogP contribution is -2.33. The molecule has 1 amide bonds. The van der Waals surface area contributed by atoms with Crippen LogP contribution in [0.15, 0.2) is 47.3 Å². The van der Waals surface area contributed by atoms with Gasteiger partial charge in [-0.05, 0) is 64.0 Å². The normalized spacial score (nSPS) is 20.0. The first-order chi connectivity index (χ1) is 13.7. The maximum Gasteiger partial charge on any atom is 0.407 e. The third-order valence-corrected chi connectivity index (χ3v) is 4.75. The molecule has 2 rings (SSSR count). The van der Waals surface area contributed by atoms with Crippen molar-refractivity contribution in [3.63, 3.8) is 0 Å². The van der Waals surface area contributed by atoms with Crippen LogP contribution in [0.3, 0.4) is 0 Å². The van der Waals surface area contributed by atoms with Crippen molar-refractivity contribution in [1.29, 1.82) is 0 Å². The maximum atomic E-state index is 11.6. The minimum atomic E-state index is -0.462. The third-order valence-electron chi connectivity index (χ3n) is 4.75. The van der Waals surface area contributed by atoms with Crippen LogP contribution in [0.4, 0.5) is 4.79 Å². The van der Waals surface area contributed by atoms with E-state index in [0.717, 1.165) is 25.7 Å². The van der Waals surface area contributed by atoms with Gasteiger partial charge in [0.15, 0.2) is 0 Å². The van der Waals surface area contributed by atoms with E-state index < -0.39 is 5.60 Å². The quantitative estimate of drug-likeness (QED) is 0.556. The molecule has 5 nitrogen and oxygen atoms in total. The summed E-state index contributed by atoms with van der Waals surface area (Å²) in [5.41, 5.74) is 0.900. The standard InChI is InChI=1S/C24H36N2O3/c1-19(10-9-15-25-22(27)29-23(2,3)4)17-28-21-13-14-24(5,18-26-21)16-20-11-7-6-8-12-20/h6-8,11-13,18-19H,9-10,14-17H2,1-5H3,(H,25,27). The average molecular weight is 401 g/mol. The molecule has 0 saturated heterocycles. The van der Waals surface area contributed by atoms with Gasteiger partial charge in [0.05, 0.1) is 6.61 Å². The van der Waals surface area contributed by atoms with Crippen molar-refractivity contribution in [3.8, 4) is 0 Å². The fourth-order valence-electron chi connectivity index (χ4n) is 3.19. The zero-order valence-corrected chi connectivity index (χ0v) is 18.5. The molecule has 1 aromatic rings. The molecule has 0 saturated carbocycles. The number of amides is 1. The molecule has 0 aromatic heterocycles. The molecular formula is C24H36N2O3. The third kappa shape index (κ3) is 9.16. The Hall–Kier alpha value is -2.30. The van der Waals surface area contributed by atoms with Gasteiger partial charge in [-0.25, -0.2) is 9.79 Å². The van der Waals surface area contributed by atoms with Gasteiger partial charge in [0.25, 0.3) is 0 Å². The Bertz CT molecular complexity index is 707. The predicted octanol–water partition coefficient (Wildman–Crippen LogP) is 5.51. The molecule has 2 unspecified atom stereocenters. The molecule has 1 aliphatic rings. The molecule has 29 heavy (non-hydrogen) atoms. The highest BCUT2D eigenvalue weighted by Gasteiger charge is 2.25. The molecule has 0 bridgehead atoms. The minimum Gasteiger partial charge on any atom is -0.478 e. The van der Waals surface area contributed by atoms with E-state index in [2.05, 4.69) is 54.5 Å². The van der Waals surface area contributed by atoms with E-state index >= 15 is 0 Å². The Kier molecular flexibility index (Phi) is 8.30. The number of hydrogen-bond acceptors (Lipinski definition) is 4. The second-order valence-corrected chi connectivity index (χ2v) is 9.31. The zero-order valence-electron chi connectivity index (χ0n) is 18.5. The molecular weight excluding hydrogens is 364 g/mol. The fraction of sp³-hybridized carbons (Fsp3) is 0.583. The molecule has 0 spiro atoms. The highest BCUT2D eigenvalue weighted by atomic mass is 16.6. The van der Waals surface area contributed by atoms with Gasteiger partial charge in [-0.15, -0.1) is 0 Å². The lowest BCUT2D eigenvalue weighted by atomic mass is 9.81. The summed E-state index contributed by atoms with van der Waals surface area (Å²) in [7, 11) is 0. The topological polar surface area (TPSA) is 59.9 Å². The van der Waals surface area contributed by atoms with E-state index in [0.29, 0.717) is 25.0 Å². The van der Waals surface area contributed by atoms with Gasteiger partial charge in [-0.2, -0.15) is 0 Å². The van der Waals surface area contributed by atoms with Crippen molar-refractivity contribution >= 4 is 12.3 Å². The largest absolute Gasteiger partial charge is 0.478 e. The molecule has 2 atom stereocenters. The van der Waals surface area contributed by atoms with E-state index in [9.17, 15) is 4.79 Å². The van der Waals surface area contributed by atoms with Crippen molar-refractivity contribution < 1.29 is 14.3 Å². The predicted molar refractivity (Wildman–Crippen MR) is 118 cm³/mol. The van der Waals surface area contributed by atoms with Crippen LogP contribution in [-0.2, 0) is 15.9 Å². The number of carbonyl (C=O) groups is 1. The molecule has 1 aliphatic heterocycles. The van der Waals surface area contributed by atoms with Crippen LogP contribution in [0, 0.1) is 11.3 Å². The zero-order chi connectivity index (χ0) is 21.3. The smallest absolute Gasteiger partial charge is 0.407 e. The summed E-state index contributed by atoms with van der Waals surface area (Å²) in [4.78, 5) is 16.2. The van der Waals surface area contributed by atoms with E-state index in [-0.39, 0.29) is 11.5 Å². The molecule has 1 N–H and O–H groups in total. The van der Waals surface area contributed by atoms with Gasteiger partial charge in [-0.3, -0.25) is 0 Å². The van der Waals surface area contributed by atoms with Gasteiger partial charge in [0.1, 0.15) is 5.60 Å². The van der Waals surface area contributed by atoms with E-state index in [1.54, 1.807) is 0 Å². The lowest BCUT2D eigenvalue weighted by molar-refractivity contribution is 0.0526. The van der Waals surface area contributed by atoms with Crippen molar-refractivity contribution in [1.82, 2.24) is 5.32 Å². The number of allylic oxidation sites excluding steroid dienone is 1. The summed E-state index contributed by atoms with van der Waals surface area (Å²) >= 11 is 0. The van der Waals surface area contributed by atoms with Crippen LogP contribution in [0.25, 0.3) is 0 Å². The number of carbonyl (C=O) groups excluding carboxylic acids is 1. The van der Waals surface area contributed by atoms with Gasteiger partial charge in [0.2, 0.25) is 5.88 Å². The molecule has 160 valence electrons. The first kappa shape index (κ1) is 23.0. The average Bonchev–Trinajstić information content (AvgIpc) is 2.64. The Labute approximate surface area is 175 Å². The fourth-order valence-corrected chi connectivity index (χ4v) is 3.19. The van der Waals surface area contributed by atoms with Crippen LogP contribution in [0.5, 0.6) is 0 Å². The number of nitrogens with zero attached hydrogens (tertiary/aromatic N) is 1. The number of rotatable bonds is 9. The van der Waals surface area contributed by atoms with Crippen molar-refractivity contribution in [2.75, 3.05) is 13.2 Å². The summed E-state index contributed by atoms with van der Waals surface area (Å²) in [5.74, 6) is 1.11. The van der Waals surface area contributed by atoms with Gasteiger partial charge >= 0.3 is 6.09 Å². The summed E-state index contributed by atoms with van der Waals surface area (Å²) in [5, 5.41) is 2.79. The summed E-state index contributed by atoms with van der Waals surface area (Å²) < 4.78 is 11.1. The molecule has 5 heteroatoms. The maximum absolute atomic E-state index is 11.6. The molecule has 0 aliphatic carbocycles. The molecule has 0 radical (unpaired) electrons. The Morgan fingerprint density at radius 1 is 1.28 bits per heavy atom. The number of aliphatic imine (C=N–C) groups is 1. The van der Waals surface area contributed by atoms with Gasteiger partial charge in [0, 0.05) is 18.2 Å². The highest BCUT2D eigenvalue weighted by molar-refractivity contribution is 5.68. The molecule has 1 heterocycles. The second-order valence-electron chi connectivity index (χ2n) is 9.31. The van der Waals surface area contributed by atoms with Crippen LogP contribution in [0.1, 0.15) is 59.4 Å². The molecule has 1 aromatic carbocycles. The van der Waals surface area contributed by atoms with Crippen molar-refractivity contribution in [2.45, 2.75) is 65.9 Å². The Balaban J connectivity index is 1.63. The Morgan fingerprint density at radius 3 is 2.62 bits per heavy atom. The van der Waals surface area contributed by atoms with E-state index in [4.69, 9.17) is 9.47 Å². The van der Waals surface area contributed by atoms with Crippen LogP contribution in [0.2, 0.25) is 0 Å². The van der Waals surface area contributed by atoms with Gasteiger partial charge < -0.3 is 14.8 Å². The number of benzene rings is 1. The second kappa shape index (κ2) is 10.5. The Morgan fingerprint density at radius 2 is 2.00 bits per heavy atom. The lowest BCUT2D eigenvalue weighted by Gasteiger charge is -2.27. The minimum absolute atomic E-state index is 0.0349. The van der Waals surface area contributed by atoms with E-state index in [1.165, 1.54) is 5.56 Å². The SMILES string of the molecule is CC(CCCNC(=O)OC(C)(C)C)COC1=CCC(C)(Cc2ccccc2)C=N1. The number of hydrogen-bond donors (Lipinski definition) is 1. The number of nitrogens with one attached hydrogen (secondary N) is 1. The monoisotopic (exact) mass is 400 g/mol. The summed E-state index contributed by atoms with van der Waals surface area (Å²) in [6, 6.07) is 10.5. The van der Waals surface area contributed by atoms with Crippen LogP contribution >= 0.6 is 0 Å². The highest BCUT2D eigenvalue weighted by Crippen LogP contribution is 2.29. The summed E-state index contributed by atoms with van der Waals surface area (Å²) in [6.07, 6.45) is 7.53. The first-order valence-electron chi connectivity index (χ1n) is 10.5. The molecule has 0 fully saturated rings. The van der Waals surface area contributed by atoms with Crippen LogP contribution in [-0.4, -0.2) is 31.1 Å². The van der Waals surface area contributed by atoms with Gasteiger partial charge in [-0.1, -0.05) is 44.2 Å². The van der Waals surface area contributed by atoms with E-state index in [1.807, 2.05) is 33.1 Å². The van der Waals surface area contributed by atoms with Crippen molar-refractivity contribution in [3.05, 3.63) is 47.9 Å². The number of ether oxygens (including phenoxy) is 2. The number of alkyl carbamates (subject to hydrolysis) is 1. The van der Waals surface area contributed by atoms with Crippen LogP contribution < -0.4 is 5.32 Å². The summed E-state index contributed by atoms with van der Waals surface area (Å²) in [6.45, 7) is 11.2. The van der Waals surface area contributed by atoms with Crippen molar-refractivity contribution in [2.24, 2.45) is 16.3 Å². The first-order valence-corrected chi connectivity index (χ1v) is 10.5.